The van der Waals surface area contributed by atoms with Crippen molar-refractivity contribution < 1.29 is 4.79 Å². The van der Waals surface area contributed by atoms with Gasteiger partial charge in [-0.2, -0.15) is 0 Å². The number of fused-ring (bicyclic) bond motifs is 1. The second-order valence-corrected chi connectivity index (χ2v) is 6.59. The predicted molar refractivity (Wildman–Crippen MR) is 85.1 cm³/mol. The number of hydrogen-bond donors (Lipinski definition) is 1. The zero-order chi connectivity index (χ0) is 14.8. The van der Waals surface area contributed by atoms with E-state index >= 15 is 0 Å². The van der Waals surface area contributed by atoms with Gasteiger partial charge in [-0.15, -0.1) is 0 Å². The van der Waals surface area contributed by atoms with Gasteiger partial charge < -0.3 is 10.6 Å². The molecule has 0 aromatic heterocycles. The van der Waals surface area contributed by atoms with Gasteiger partial charge in [0.05, 0.1) is 5.92 Å². The van der Waals surface area contributed by atoms with Crippen molar-refractivity contribution in [1.82, 2.24) is 4.90 Å². The van der Waals surface area contributed by atoms with Crippen molar-refractivity contribution in [3.63, 3.8) is 0 Å². The first-order chi connectivity index (χ1) is 10.2. The molecule has 21 heavy (non-hydrogen) atoms. The number of hydrogen-bond acceptors (Lipinski definition) is 2. The SMILES string of the molecule is CN(C(=O)C1CCCc2ccccc21)C1CCCC1CN. The lowest BCUT2D eigenvalue weighted by Crippen LogP contribution is -2.44. The van der Waals surface area contributed by atoms with Gasteiger partial charge in [-0.05, 0) is 55.7 Å². The summed E-state index contributed by atoms with van der Waals surface area (Å²) < 4.78 is 0. The third-order valence-electron chi connectivity index (χ3n) is 5.43. The molecule has 1 amide bonds. The Morgan fingerprint density at radius 2 is 2.05 bits per heavy atom. The molecule has 0 spiro atoms. The van der Waals surface area contributed by atoms with Crippen LogP contribution in [-0.2, 0) is 11.2 Å². The molecular formula is C18H26N2O. The van der Waals surface area contributed by atoms with E-state index in [-0.39, 0.29) is 5.92 Å². The maximum absolute atomic E-state index is 13.0. The Morgan fingerprint density at radius 3 is 2.86 bits per heavy atom. The highest BCUT2D eigenvalue weighted by molar-refractivity contribution is 5.84. The fraction of sp³-hybridized carbons (Fsp3) is 0.611. The van der Waals surface area contributed by atoms with Crippen molar-refractivity contribution in [2.75, 3.05) is 13.6 Å². The summed E-state index contributed by atoms with van der Waals surface area (Å²) in [4.78, 5) is 15.0. The van der Waals surface area contributed by atoms with E-state index in [1.165, 1.54) is 24.0 Å². The minimum atomic E-state index is 0.0546. The summed E-state index contributed by atoms with van der Waals surface area (Å²) in [5.41, 5.74) is 8.49. The van der Waals surface area contributed by atoms with Crippen LogP contribution in [0.1, 0.15) is 49.1 Å². The van der Waals surface area contributed by atoms with Crippen LogP contribution < -0.4 is 5.73 Å². The summed E-state index contributed by atoms with van der Waals surface area (Å²) in [6, 6.07) is 8.79. The van der Waals surface area contributed by atoms with Crippen molar-refractivity contribution in [2.45, 2.75) is 50.5 Å². The standard InChI is InChI=1S/C18H26N2O/c1-20(17-11-5-8-14(17)12-19)18(21)16-10-4-7-13-6-2-3-9-15(13)16/h2-3,6,9,14,16-17H,4-5,7-8,10-12,19H2,1H3. The first kappa shape index (κ1) is 14.6. The largest absolute Gasteiger partial charge is 0.342 e. The zero-order valence-electron chi connectivity index (χ0n) is 12.9. The monoisotopic (exact) mass is 286 g/mol. The quantitative estimate of drug-likeness (QED) is 0.928. The number of nitrogens with zero attached hydrogens (tertiary/aromatic N) is 1. The van der Waals surface area contributed by atoms with Crippen molar-refractivity contribution in [2.24, 2.45) is 11.7 Å². The van der Waals surface area contributed by atoms with Crippen LogP contribution in [0.5, 0.6) is 0 Å². The molecule has 1 fully saturated rings. The fourth-order valence-corrected chi connectivity index (χ4v) is 4.22. The van der Waals surface area contributed by atoms with Crippen LogP contribution in [0.4, 0.5) is 0 Å². The smallest absolute Gasteiger partial charge is 0.230 e. The third kappa shape index (κ3) is 2.71. The molecule has 0 saturated heterocycles. The van der Waals surface area contributed by atoms with Crippen LogP contribution in [0.2, 0.25) is 0 Å². The van der Waals surface area contributed by atoms with E-state index < -0.39 is 0 Å². The molecule has 2 aliphatic rings. The molecule has 1 aromatic carbocycles. The van der Waals surface area contributed by atoms with Crippen LogP contribution in [0, 0.1) is 5.92 Å². The van der Waals surface area contributed by atoms with Gasteiger partial charge in [0.2, 0.25) is 5.91 Å². The van der Waals surface area contributed by atoms with Crippen molar-refractivity contribution in [3.8, 4) is 0 Å². The van der Waals surface area contributed by atoms with Gasteiger partial charge in [0.1, 0.15) is 0 Å². The Balaban J connectivity index is 1.79. The highest BCUT2D eigenvalue weighted by atomic mass is 16.2. The summed E-state index contributed by atoms with van der Waals surface area (Å²) in [6.07, 6.45) is 6.69. The number of aryl methyl sites for hydroxylation is 1. The van der Waals surface area contributed by atoms with Crippen LogP contribution in [0.3, 0.4) is 0 Å². The summed E-state index contributed by atoms with van der Waals surface area (Å²) >= 11 is 0. The third-order valence-corrected chi connectivity index (χ3v) is 5.43. The van der Waals surface area contributed by atoms with Gasteiger partial charge >= 0.3 is 0 Å². The minimum Gasteiger partial charge on any atom is -0.342 e. The highest BCUT2D eigenvalue weighted by Crippen LogP contribution is 2.35. The molecule has 3 atom stereocenters. The van der Waals surface area contributed by atoms with Crippen LogP contribution in [0.25, 0.3) is 0 Å². The molecule has 1 saturated carbocycles. The Hall–Kier alpha value is -1.35. The molecule has 2 N–H and O–H groups in total. The maximum Gasteiger partial charge on any atom is 0.230 e. The number of likely N-dealkylation sites (N-methyl/N-ethyl adjacent to an activating group) is 1. The molecule has 114 valence electrons. The lowest BCUT2D eigenvalue weighted by atomic mass is 9.81. The van der Waals surface area contributed by atoms with E-state index in [0.717, 1.165) is 25.7 Å². The second-order valence-electron chi connectivity index (χ2n) is 6.59. The molecule has 2 aliphatic carbocycles. The Labute approximate surface area is 127 Å². The predicted octanol–water partition coefficient (Wildman–Crippen LogP) is 2.69. The Kier molecular flexibility index (Phi) is 4.29. The van der Waals surface area contributed by atoms with Crippen molar-refractivity contribution in [1.29, 1.82) is 0 Å². The first-order valence-electron chi connectivity index (χ1n) is 8.27. The molecule has 3 rings (SSSR count). The summed E-state index contributed by atoms with van der Waals surface area (Å²) in [7, 11) is 1.98. The van der Waals surface area contributed by atoms with Crippen LogP contribution in [-0.4, -0.2) is 30.4 Å². The molecule has 0 heterocycles. The van der Waals surface area contributed by atoms with Crippen molar-refractivity contribution >= 4 is 5.91 Å². The van der Waals surface area contributed by atoms with Gasteiger partial charge in [-0.1, -0.05) is 30.7 Å². The van der Waals surface area contributed by atoms with Crippen molar-refractivity contribution in [3.05, 3.63) is 35.4 Å². The summed E-state index contributed by atoms with van der Waals surface area (Å²) in [5.74, 6) is 0.837. The number of nitrogens with two attached hydrogens (primary N) is 1. The van der Waals surface area contributed by atoms with Crippen LogP contribution in [0.15, 0.2) is 24.3 Å². The van der Waals surface area contributed by atoms with Gasteiger partial charge in [0, 0.05) is 13.1 Å². The average Bonchev–Trinajstić information content (AvgIpc) is 3.01. The van der Waals surface area contributed by atoms with E-state index in [1.54, 1.807) is 0 Å². The lowest BCUT2D eigenvalue weighted by Gasteiger charge is -2.34. The number of benzene rings is 1. The molecule has 0 radical (unpaired) electrons. The molecule has 3 nitrogen and oxygen atoms in total. The Bertz CT molecular complexity index is 514. The molecule has 0 aliphatic heterocycles. The molecular weight excluding hydrogens is 260 g/mol. The first-order valence-corrected chi connectivity index (χ1v) is 8.27. The highest BCUT2D eigenvalue weighted by Gasteiger charge is 2.36. The van der Waals surface area contributed by atoms with Gasteiger partial charge in [0.25, 0.3) is 0 Å². The zero-order valence-corrected chi connectivity index (χ0v) is 12.9. The Morgan fingerprint density at radius 1 is 1.24 bits per heavy atom. The molecule has 0 bridgehead atoms. The van der Waals surface area contributed by atoms with E-state index in [0.29, 0.717) is 24.4 Å². The van der Waals surface area contributed by atoms with Gasteiger partial charge in [-0.3, -0.25) is 4.79 Å². The fourth-order valence-electron chi connectivity index (χ4n) is 4.22. The topological polar surface area (TPSA) is 46.3 Å². The average molecular weight is 286 g/mol. The number of amides is 1. The molecule has 1 aromatic rings. The number of rotatable bonds is 3. The van der Waals surface area contributed by atoms with Gasteiger partial charge in [0.15, 0.2) is 0 Å². The number of carbonyl (C=O) groups excluding carboxylic acids is 1. The summed E-state index contributed by atoms with van der Waals surface area (Å²) in [6.45, 7) is 0.698. The number of carbonyl (C=O) groups is 1. The lowest BCUT2D eigenvalue weighted by molar-refractivity contribution is -0.134. The summed E-state index contributed by atoms with van der Waals surface area (Å²) in [5, 5.41) is 0. The second kappa shape index (κ2) is 6.18. The van der Waals surface area contributed by atoms with E-state index in [9.17, 15) is 4.79 Å². The maximum atomic E-state index is 13.0. The molecule has 3 unspecified atom stereocenters. The molecule has 3 heteroatoms. The normalized spacial score (nSPS) is 28.2. The van der Waals surface area contributed by atoms with E-state index in [2.05, 4.69) is 24.3 Å². The van der Waals surface area contributed by atoms with E-state index in [1.807, 2.05) is 11.9 Å². The van der Waals surface area contributed by atoms with Crippen LogP contribution >= 0.6 is 0 Å². The minimum absolute atomic E-state index is 0.0546. The van der Waals surface area contributed by atoms with Gasteiger partial charge in [-0.25, -0.2) is 0 Å². The van der Waals surface area contributed by atoms with E-state index in [4.69, 9.17) is 5.73 Å².